The van der Waals surface area contributed by atoms with Crippen LogP contribution in [0.3, 0.4) is 0 Å². The number of benzene rings is 1. The molecule has 48 valence electrons. The van der Waals surface area contributed by atoms with Gasteiger partial charge in [-0.3, -0.25) is 0 Å². The molecule has 0 radical (unpaired) electrons. The molecule has 0 heterocycles. The van der Waals surface area contributed by atoms with Gasteiger partial charge >= 0.3 is 0 Å². The van der Waals surface area contributed by atoms with Gasteiger partial charge in [-0.05, 0) is 12.1 Å². The van der Waals surface area contributed by atoms with E-state index in [9.17, 15) is 0 Å². The first-order valence-electron chi connectivity index (χ1n) is 2.57. The van der Waals surface area contributed by atoms with Crippen LogP contribution in [0.4, 0.5) is 11.4 Å². The van der Waals surface area contributed by atoms with Crippen molar-refractivity contribution in [1.82, 2.24) is 0 Å². The molecule has 0 aliphatic rings. The Morgan fingerprint density at radius 2 is 2.11 bits per heavy atom. The molecule has 0 unspecified atom stereocenters. The lowest BCUT2D eigenvalue weighted by Gasteiger charge is -1.93. The summed E-state index contributed by atoms with van der Waals surface area (Å²) in [5.74, 6) is 0. The molecule has 0 saturated heterocycles. The van der Waals surface area contributed by atoms with E-state index in [1.807, 2.05) is 0 Å². The van der Waals surface area contributed by atoms with Crippen molar-refractivity contribution >= 4 is 23.0 Å². The van der Waals surface area contributed by atoms with Crippen LogP contribution in [-0.2, 0) is 0 Å². The first kappa shape index (κ1) is 6.39. The molecule has 0 saturated carbocycles. The summed E-state index contributed by atoms with van der Waals surface area (Å²) in [4.78, 5) is 0. The number of hydrogen-bond donors (Lipinski definition) is 2. The molecule has 1 rings (SSSR count). The third-order valence-electron chi connectivity index (χ3n) is 1.08. The van der Waals surface area contributed by atoms with Crippen LogP contribution in [0.2, 0.25) is 5.02 Å². The number of nitrogen functional groups attached to an aromatic ring is 1. The van der Waals surface area contributed by atoms with Crippen LogP contribution in [0, 0.1) is 0 Å². The van der Waals surface area contributed by atoms with Gasteiger partial charge in [0, 0.05) is 11.8 Å². The Hall–Kier alpha value is -0.730. The predicted molar refractivity (Wildman–Crippen MR) is 38.4 cm³/mol. The number of rotatable bonds is 0. The van der Waals surface area contributed by atoms with Gasteiger partial charge in [-0.2, -0.15) is 0 Å². The van der Waals surface area contributed by atoms with Gasteiger partial charge in [0.1, 0.15) is 10.7 Å². The maximum atomic E-state index is 5.67. The van der Waals surface area contributed by atoms with Gasteiger partial charge < -0.3 is 11.5 Å². The highest BCUT2D eigenvalue weighted by Crippen LogP contribution is 2.18. The lowest BCUT2D eigenvalue weighted by Crippen LogP contribution is -2.40. The highest BCUT2D eigenvalue weighted by molar-refractivity contribution is 6.32. The molecule has 0 aliphatic carbocycles. The van der Waals surface area contributed by atoms with Crippen LogP contribution >= 0.6 is 11.6 Å². The van der Waals surface area contributed by atoms with Gasteiger partial charge in [0.05, 0.1) is 0 Å². The van der Waals surface area contributed by atoms with E-state index in [2.05, 4.69) is 5.73 Å². The Kier molecular flexibility index (Phi) is 1.60. The monoisotopic (exact) mass is 143 g/mol. The lowest BCUT2D eigenvalue weighted by atomic mass is 10.3. The second kappa shape index (κ2) is 2.25. The quantitative estimate of drug-likeness (QED) is 0.519. The van der Waals surface area contributed by atoms with Crippen molar-refractivity contribution in [2.75, 3.05) is 5.73 Å². The van der Waals surface area contributed by atoms with Crippen molar-refractivity contribution in [3.8, 4) is 0 Å². The Balaban J connectivity index is 3.17. The first-order valence-corrected chi connectivity index (χ1v) is 2.95. The van der Waals surface area contributed by atoms with Crippen molar-refractivity contribution in [1.29, 1.82) is 0 Å². The second-order valence-corrected chi connectivity index (χ2v) is 2.26. The van der Waals surface area contributed by atoms with Crippen molar-refractivity contribution < 1.29 is 5.73 Å². The summed E-state index contributed by atoms with van der Waals surface area (Å²) in [5.41, 5.74) is 10.6. The molecule has 0 aliphatic heterocycles. The van der Waals surface area contributed by atoms with E-state index in [4.69, 9.17) is 17.3 Å². The highest BCUT2D eigenvalue weighted by atomic mass is 35.5. The summed E-state index contributed by atoms with van der Waals surface area (Å²) in [6.07, 6.45) is 0. The van der Waals surface area contributed by atoms with E-state index >= 15 is 0 Å². The molecule has 1 aromatic carbocycles. The van der Waals surface area contributed by atoms with Crippen molar-refractivity contribution in [3.05, 3.63) is 23.2 Å². The lowest BCUT2D eigenvalue weighted by molar-refractivity contribution is -0.254. The summed E-state index contributed by atoms with van der Waals surface area (Å²) in [7, 11) is 0. The molecule has 1 aromatic rings. The summed E-state index contributed by atoms with van der Waals surface area (Å²) < 4.78 is 0. The van der Waals surface area contributed by atoms with Gasteiger partial charge in [0.2, 0.25) is 0 Å². The highest BCUT2D eigenvalue weighted by Gasteiger charge is 1.96. The zero-order valence-corrected chi connectivity index (χ0v) is 5.65. The van der Waals surface area contributed by atoms with Crippen LogP contribution in [0.15, 0.2) is 18.2 Å². The Morgan fingerprint density at radius 1 is 1.44 bits per heavy atom. The normalized spacial score (nSPS) is 9.56. The standard InChI is InChI=1S/C6H7ClN2/c7-5-3-4(8)1-2-6(5)9/h1-3H,8-9H2/p+1. The topological polar surface area (TPSA) is 53.7 Å². The van der Waals surface area contributed by atoms with E-state index in [0.29, 0.717) is 10.7 Å². The van der Waals surface area contributed by atoms with E-state index in [0.717, 1.165) is 5.69 Å². The number of halogens is 1. The van der Waals surface area contributed by atoms with Crippen molar-refractivity contribution in [2.45, 2.75) is 0 Å². The van der Waals surface area contributed by atoms with Gasteiger partial charge in [0.15, 0.2) is 0 Å². The zero-order chi connectivity index (χ0) is 6.85. The molecule has 0 aromatic heterocycles. The minimum absolute atomic E-state index is 0.620. The van der Waals surface area contributed by atoms with E-state index in [-0.39, 0.29) is 0 Å². The fourth-order valence-electron chi connectivity index (χ4n) is 0.564. The van der Waals surface area contributed by atoms with E-state index in [1.165, 1.54) is 0 Å². The SMILES string of the molecule is Nc1ccc([NH3+])c(Cl)c1. The average Bonchev–Trinajstić information content (AvgIpc) is 1.80. The minimum atomic E-state index is 0.620. The van der Waals surface area contributed by atoms with Crippen LogP contribution in [0.5, 0.6) is 0 Å². The molecular weight excluding hydrogens is 136 g/mol. The predicted octanol–water partition coefficient (Wildman–Crippen LogP) is 0.796. The van der Waals surface area contributed by atoms with Gasteiger partial charge in [-0.1, -0.05) is 11.6 Å². The number of quaternary nitrogens is 1. The molecule has 9 heavy (non-hydrogen) atoms. The third kappa shape index (κ3) is 1.34. The Bertz CT molecular complexity index is 222. The number of hydrogen-bond acceptors (Lipinski definition) is 1. The van der Waals surface area contributed by atoms with Gasteiger partial charge in [0.25, 0.3) is 0 Å². The number of anilines is 1. The van der Waals surface area contributed by atoms with Crippen molar-refractivity contribution in [2.24, 2.45) is 0 Å². The summed E-state index contributed by atoms with van der Waals surface area (Å²) in [6.45, 7) is 0. The van der Waals surface area contributed by atoms with Crippen LogP contribution in [0.25, 0.3) is 0 Å². The van der Waals surface area contributed by atoms with Crippen LogP contribution < -0.4 is 11.5 Å². The maximum absolute atomic E-state index is 5.67. The fourth-order valence-corrected chi connectivity index (χ4v) is 0.753. The number of nitrogens with two attached hydrogens (primary N) is 1. The fraction of sp³-hybridized carbons (Fsp3) is 0. The van der Waals surface area contributed by atoms with Gasteiger partial charge in [-0.25, -0.2) is 0 Å². The first-order chi connectivity index (χ1) is 4.20. The molecular formula is C6H8ClN2+. The molecule has 5 N–H and O–H groups in total. The molecule has 0 fully saturated rings. The molecule has 0 spiro atoms. The minimum Gasteiger partial charge on any atom is -0.399 e. The summed E-state index contributed by atoms with van der Waals surface area (Å²) >= 11 is 5.67. The van der Waals surface area contributed by atoms with Crippen molar-refractivity contribution in [3.63, 3.8) is 0 Å². The maximum Gasteiger partial charge on any atom is 0.146 e. The molecule has 3 heteroatoms. The van der Waals surface area contributed by atoms with Crippen LogP contribution in [-0.4, -0.2) is 0 Å². The van der Waals surface area contributed by atoms with E-state index in [1.54, 1.807) is 18.2 Å². The van der Waals surface area contributed by atoms with E-state index < -0.39 is 0 Å². The molecule has 0 bridgehead atoms. The largest absolute Gasteiger partial charge is 0.399 e. The summed E-state index contributed by atoms with van der Waals surface area (Å²) in [5, 5.41) is 0.620. The Morgan fingerprint density at radius 3 is 2.56 bits per heavy atom. The smallest absolute Gasteiger partial charge is 0.146 e. The van der Waals surface area contributed by atoms with Crippen LogP contribution in [0.1, 0.15) is 0 Å². The second-order valence-electron chi connectivity index (χ2n) is 1.85. The zero-order valence-electron chi connectivity index (χ0n) is 4.89. The molecule has 0 atom stereocenters. The molecule has 2 nitrogen and oxygen atoms in total. The summed E-state index contributed by atoms with van der Waals surface area (Å²) in [6, 6.07) is 5.25. The Labute approximate surface area is 58.4 Å². The average molecular weight is 144 g/mol. The molecule has 0 amide bonds. The third-order valence-corrected chi connectivity index (χ3v) is 1.43. The van der Waals surface area contributed by atoms with Gasteiger partial charge in [-0.15, -0.1) is 0 Å².